The van der Waals surface area contributed by atoms with Crippen LogP contribution in [0.25, 0.3) is 0 Å². The molecule has 0 aliphatic rings. The minimum Gasteiger partial charge on any atom is -0.312 e. The fourth-order valence-electron chi connectivity index (χ4n) is 1.87. The molecule has 96 valence electrons. The number of hydrogen-bond donors (Lipinski definition) is 1. The Hall–Kier alpha value is -0.780. The van der Waals surface area contributed by atoms with Gasteiger partial charge in [-0.05, 0) is 54.0 Å². The molecule has 1 atom stereocenters. The van der Waals surface area contributed by atoms with Gasteiger partial charge in [0, 0.05) is 10.9 Å². The minimum absolute atomic E-state index is 0.217. The van der Waals surface area contributed by atoms with Gasteiger partial charge in [-0.2, -0.15) is 0 Å². The lowest BCUT2D eigenvalue weighted by Crippen LogP contribution is -2.18. The molecule has 0 aliphatic heterocycles. The average Bonchev–Trinajstić information content (AvgIpc) is 2.77. The summed E-state index contributed by atoms with van der Waals surface area (Å²) >= 11 is 4.87. The molecule has 1 heterocycles. The zero-order valence-corrected chi connectivity index (χ0v) is 12.6. The highest BCUT2D eigenvalue weighted by atomic mass is 79.9. The van der Waals surface area contributed by atoms with Gasteiger partial charge in [-0.1, -0.05) is 6.07 Å². The Morgan fingerprint density at radius 1 is 1.50 bits per heavy atom. The van der Waals surface area contributed by atoms with E-state index in [1.54, 1.807) is 11.3 Å². The predicted octanol–water partition coefficient (Wildman–Crippen LogP) is 3.86. The quantitative estimate of drug-likeness (QED) is 0.921. The summed E-state index contributed by atoms with van der Waals surface area (Å²) in [7, 11) is 1.93. The molecule has 0 spiro atoms. The molecule has 2 nitrogen and oxygen atoms in total. The van der Waals surface area contributed by atoms with Gasteiger partial charge in [-0.25, -0.2) is 9.37 Å². The van der Waals surface area contributed by atoms with E-state index in [9.17, 15) is 4.39 Å². The Morgan fingerprint density at radius 2 is 2.28 bits per heavy atom. The summed E-state index contributed by atoms with van der Waals surface area (Å²) < 4.78 is 13.7. The van der Waals surface area contributed by atoms with Gasteiger partial charge in [0.15, 0.2) is 0 Å². The van der Waals surface area contributed by atoms with Crippen LogP contribution in [0.15, 0.2) is 28.2 Å². The van der Waals surface area contributed by atoms with Crippen LogP contribution in [0.4, 0.5) is 4.39 Å². The second-order valence-electron chi connectivity index (χ2n) is 4.10. The molecular formula is C13H14BrFN2S. The lowest BCUT2D eigenvalue weighted by molar-refractivity contribution is 0.592. The highest BCUT2D eigenvalue weighted by molar-refractivity contribution is 9.10. The number of aryl methyl sites for hydroxylation is 1. The highest BCUT2D eigenvalue weighted by Crippen LogP contribution is 2.26. The van der Waals surface area contributed by atoms with Crippen LogP contribution in [-0.2, 0) is 6.42 Å². The summed E-state index contributed by atoms with van der Waals surface area (Å²) in [6, 6.07) is 5.36. The fourth-order valence-corrected chi connectivity index (χ4v) is 3.21. The first kappa shape index (κ1) is 13.6. The smallest absolute Gasteiger partial charge is 0.137 e. The molecule has 2 aromatic rings. The van der Waals surface area contributed by atoms with Crippen LogP contribution in [0.3, 0.4) is 0 Å². The molecular weight excluding hydrogens is 315 g/mol. The van der Waals surface area contributed by atoms with Crippen molar-refractivity contribution in [1.82, 2.24) is 10.3 Å². The van der Waals surface area contributed by atoms with Crippen molar-refractivity contribution in [3.05, 3.63) is 50.1 Å². The Morgan fingerprint density at radius 3 is 2.83 bits per heavy atom. The van der Waals surface area contributed by atoms with Gasteiger partial charge < -0.3 is 5.32 Å². The van der Waals surface area contributed by atoms with Gasteiger partial charge in [0.2, 0.25) is 0 Å². The van der Waals surface area contributed by atoms with Gasteiger partial charge in [0.1, 0.15) is 5.82 Å². The first-order valence-corrected chi connectivity index (χ1v) is 7.30. The third-order valence-corrected chi connectivity index (χ3v) is 4.52. The molecule has 1 unspecified atom stereocenters. The van der Waals surface area contributed by atoms with Crippen molar-refractivity contribution in [3.8, 4) is 0 Å². The Bertz CT molecular complexity index is 542. The SMILES string of the molecule is CNC(Cc1ccc(F)c(Br)c1)c1scnc1C. The molecule has 0 saturated carbocycles. The van der Waals surface area contributed by atoms with Crippen molar-refractivity contribution >= 4 is 27.3 Å². The second-order valence-corrected chi connectivity index (χ2v) is 5.84. The van der Waals surface area contributed by atoms with Crippen LogP contribution in [0, 0.1) is 12.7 Å². The number of benzene rings is 1. The average molecular weight is 329 g/mol. The van der Waals surface area contributed by atoms with Crippen molar-refractivity contribution in [2.75, 3.05) is 7.05 Å². The van der Waals surface area contributed by atoms with Crippen LogP contribution in [0.1, 0.15) is 22.2 Å². The van der Waals surface area contributed by atoms with E-state index in [-0.39, 0.29) is 11.9 Å². The number of thiazole rings is 1. The number of halogens is 2. The number of nitrogens with zero attached hydrogens (tertiary/aromatic N) is 1. The first-order chi connectivity index (χ1) is 8.61. The summed E-state index contributed by atoms with van der Waals surface area (Å²) in [5, 5.41) is 3.29. The van der Waals surface area contributed by atoms with Crippen molar-refractivity contribution in [2.45, 2.75) is 19.4 Å². The Balaban J connectivity index is 2.20. The van der Waals surface area contributed by atoms with Crippen LogP contribution in [0.5, 0.6) is 0 Å². The summed E-state index contributed by atoms with van der Waals surface area (Å²) in [6.45, 7) is 2.01. The third-order valence-electron chi connectivity index (χ3n) is 2.87. The maximum absolute atomic E-state index is 13.2. The van der Waals surface area contributed by atoms with Gasteiger partial charge in [0.25, 0.3) is 0 Å². The van der Waals surface area contributed by atoms with E-state index in [1.165, 1.54) is 10.9 Å². The monoisotopic (exact) mass is 328 g/mol. The molecule has 18 heavy (non-hydrogen) atoms. The molecule has 0 saturated heterocycles. The maximum Gasteiger partial charge on any atom is 0.137 e. The van der Waals surface area contributed by atoms with Crippen molar-refractivity contribution in [1.29, 1.82) is 0 Å². The fraction of sp³-hybridized carbons (Fsp3) is 0.308. The summed E-state index contributed by atoms with van der Waals surface area (Å²) in [5.41, 5.74) is 4.01. The largest absolute Gasteiger partial charge is 0.312 e. The summed E-state index contributed by atoms with van der Waals surface area (Å²) in [5.74, 6) is -0.228. The second kappa shape index (κ2) is 5.91. The summed E-state index contributed by atoms with van der Waals surface area (Å²) in [6.07, 6.45) is 0.818. The molecule has 0 amide bonds. The molecule has 5 heteroatoms. The number of rotatable bonds is 4. The van der Waals surface area contributed by atoms with Crippen LogP contribution in [-0.4, -0.2) is 12.0 Å². The number of hydrogen-bond acceptors (Lipinski definition) is 3. The lowest BCUT2D eigenvalue weighted by Gasteiger charge is -2.15. The standard InChI is InChI=1S/C13H14BrFN2S/c1-8-13(18-7-17-8)12(16-2)6-9-3-4-11(15)10(14)5-9/h3-5,7,12,16H,6H2,1-2H3. The number of likely N-dealkylation sites (N-methyl/N-ethyl adjacent to an activating group) is 1. The van der Waals surface area contributed by atoms with E-state index in [4.69, 9.17) is 0 Å². The van der Waals surface area contributed by atoms with Gasteiger partial charge >= 0.3 is 0 Å². The van der Waals surface area contributed by atoms with Crippen molar-refractivity contribution in [3.63, 3.8) is 0 Å². The molecule has 0 bridgehead atoms. The number of aromatic nitrogens is 1. The number of nitrogens with one attached hydrogen (secondary N) is 1. The summed E-state index contributed by atoms with van der Waals surface area (Å²) in [4.78, 5) is 5.50. The molecule has 0 radical (unpaired) electrons. The van der Waals surface area contributed by atoms with Crippen molar-refractivity contribution < 1.29 is 4.39 Å². The van der Waals surface area contributed by atoms with E-state index < -0.39 is 0 Å². The minimum atomic E-state index is -0.228. The maximum atomic E-state index is 13.2. The van der Waals surface area contributed by atoms with E-state index in [0.29, 0.717) is 4.47 Å². The van der Waals surface area contributed by atoms with Crippen LogP contribution in [0.2, 0.25) is 0 Å². The lowest BCUT2D eigenvalue weighted by atomic mass is 10.0. The van der Waals surface area contributed by atoms with E-state index in [2.05, 4.69) is 26.2 Å². The zero-order chi connectivity index (χ0) is 13.1. The molecule has 1 N–H and O–H groups in total. The molecule has 0 fully saturated rings. The van der Waals surface area contributed by atoms with Crippen molar-refractivity contribution in [2.24, 2.45) is 0 Å². The topological polar surface area (TPSA) is 24.9 Å². The van der Waals surface area contributed by atoms with E-state index >= 15 is 0 Å². The van der Waals surface area contributed by atoms with E-state index in [0.717, 1.165) is 17.7 Å². The highest BCUT2D eigenvalue weighted by Gasteiger charge is 2.15. The molecule has 2 rings (SSSR count). The normalized spacial score (nSPS) is 12.7. The Kier molecular flexibility index (Phi) is 4.48. The third kappa shape index (κ3) is 2.96. The van der Waals surface area contributed by atoms with Gasteiger partial charge in [0.05, 0.1) is 15.7 Å². The molecule has 0 aliphatic carbocycles. The molecule has 1 aromatic heterocycles. The van der Waals surface area contributed by atoms with Gasteiger partial charge in [-0.3, -0.25) is 0 Å². The zero-order valence-electron chi connectivity index (χ0n) is 10.2. The molecule has 1 aromatic carbocycles. The predicted molar refractivity (Wildman–Crippen MR) is 76.5 cm³/mol. The van der Waals surface area contributed by atoms with Crippen LogP contribution < -0.4 is 5.32 Å². The van der Waals surface area contributed by atoms with Gasteiger partial charge in [-0.15, -0.1) is 11.3 Å². The van der Waals surface area contributed by atoms with Crippen LogP contribution >= 0.6 is 27.3 Å². The Labute approximate surface area is 118 Å². The van der Waals surface area contributed by atoms with E-state index in [1.807, 2.05) is 31.6 Å². The first-order valence-electron chi connectivity index (χ1n) is 5.63.